The van der Waals surface area contributed by atoms with Crippen LogP contribution in [0.2, 0.25) is 0 Å². The highest BCUT2D eigenvalue weighted by Crippen LogP contribution is 2.40. The average molecular weight is 280 g/mol. The molecule has 0 amide bonds. The van der Waals surface area contributed by atoms with Crippen LogP contribution in [0.4, 0.5) is 0 Å². The highest BCUT2D eigenvalue weighted by atomic mass is 16.5. The summed E-state index contributed by atoms with van der Waals surface area (Å²) in [6.07, 6.45) is 3.23. The Kier molecular flexibility index (Phi) is 3.64. The number of pyridine rings is 2. The lowest BCUT2D eigenvalue weighted by atomic mass is 10.3. The average Bonchev–Trinajstić information content (AvgIpc) is 2.53. The fourth-order valence-electron chi connectivity index (χ4n) is 1.72. The zero-order chi connectivity index (χ0) is 14.5. The molecule has 1 aromatic carbocycles. The van der Waals surface area contributed by atoms with E-state index in [0.717, 1.165) is 0 Å². The van der Waals surface area contributed by atoms with Gasteiger partial charge in [0.1, 0.15) is 0 Å². The predicted molar refractivity (Wildman–Crippen MR) is 76.7 cm³/mol. The molecule has 0 bridgehead atoms. The van der Waals surface area contributed by atoms with Crippen LogP contribution in [0.1, 0.15) is 0 Å². The molecule has 0 aliphatic carbocycles. The van der Waals surface area contributed by atoms with E-state index in [1.165, 1.54) is 6.07 Å². The highest BCUT2D eigenvalue weighted by molar-refractivity contribution is 5.52. The summed E-state index contributed by atoms with van der Waals surface area (Å²) in [4.78, 5) is 8.14. The first-order valence-corrected chi connectivity index (χ1v) is 6.33. The molecule has 0 aliphatic rings. The monoisotopic (exact) mass is 280 g/mol. The molecule has 5 heteroatoms. The number of nitrogens with zero attached hydrogens (tertiary/aromatic N) is 2. The molecule has 0 spiro atoms. The first-order valence-electron chi connectivity index (χ1n) is 6.33. The molecular formula is C16H12N2O3. The number of hydrogen-bond donors (Lipinski definition) is 1. The molecule has 2 heterocycles. The predicted octanol–water partition coefficient (Wildman–Crippen LogP) is 3.77. The lowest BCUT2D eigenvalue weighted by molar-refractivity contribution is 0.370. The van der Waals surface area contributed by atoms with Crippen molar-refractivity contribution in [3.8, 4) is 29.0 Å². The van der Waals surface area contributed by atoms with Gasteiger partial charge in [-0.15, -0.1) is 0 Å². The van der Waals surface area contributed by atoms with E-state index in [1.807, 2.05) is 6.07 Å². The normalized spacial score (nSPS) is 10.1. The van der Waals surface area contributed by atoms with Gasteiger partial charge in [-0.3, -0.25) is 0 Å². The lowest BCUT2D eigenvalue weighted by Crippen LogP contribution is -1.93. The largest absolute Gasteiger partial charge is 0.504 e. The van der Waals surface area contributed by atoms with Gasteiger partial charge < -0.3 is 14.6 Å². The molecule has 3 rings (SSSR count). The molecular weight excluding hydrogens is 268 g/mol. The van der Waals surface area contributed by atoms with E-state index in [4.69, 9.17) is 9.47 Å². The van der Waals surface area contributed by atoms with E-state index >= 15 is 0 Å². The molecule has 5 nitrogen and oxygen atoms in total. The third-order valence-electron chi connectivity index (χ3n) is 2.65. The minimum Gasteiger partial charge on any atom is -0.504 e. The first kappa shape index (κ1) is 12.9. The summed E-state index contributed by atoms with van der Waals surface area (Å²) in [6.45, 7) is 0. The molecule has 0 radical (unpaired) electrons. The summed E-state index contributed by atoms with van der Waals surface area (Å²) >= 11 is 0. The Morgan fingerprint density at radius 3 is 2.00 bits per heavy atom. The molecule has 104 valence electrons. The summed E-state index contributed by atoms with van der Waals surface area (Å²) < 4.78 is 11.2. The fourth-order valence-corrected chi connectivity index (χ4v) is 1.72. The second-order valence-electron chi connectivity index (χ2n) is 4.14. The summed E-state index contributed by atoms with van der Waals surface area (Å²) in [5, 5.41) is 9.98. The van der Waals surface area contributed by atoms with Crippen molar-refractivity contribution in [3.05, 3.63) is 67.0 Å². The Balaban J connectivity index is 1.92. The van der Waals surface area contributed by atoms with Crippen LogP contribution in [0.15, 0.2) is 67.0 Å². The van der Waals surface area contributed by atoms with Crippen molar-refractivity contribution in [2.75, 3.05) is 0 Å². The number of aromatic nitrogens is 2. The maximum Gasteiger partial charge on any atom is 0.219 e. The fraction of sp³-hybridized carbons (Fsp3) is 0. The van der Waals surface area contributed by atoms with Gasteiger partial charge in [0.25, 0.3) is 0 Å². The van der Waals surface area contributed by atoms with Gasteiger partial charge in [-0.2, -0.15) is 0 Å². The first-order chi connectivity index (χ1) is 10.3. The van der Waals surface area contributed by atoms with Crippen LogP contribution in [0.25, 0.3) is 0 Å². The standard InChI is InChI=1S/C16H12N2O3/c19-12-6-5-7-13(20-14-8-1-3-10-17-14)16(12)21-15-9-2-4-11-18-15/h1-11,19H. The molecule has 21 heavy (non-hydrogen) atoms. The van der Waals surface area contributed by atoms with Crippen LogP contribution in [0.3, 0.4) is 0 Å². The number of phenolic OH excluding ortho intramolecular Hbond substituents is 1. The molecule has 2 aromatic heterocycles. The topological polar surface area (TPSA) is 64.5 Å². The maximum absolute atomic E-state index is 9.98. The van der Waals surface area contributed by atoms with Gasteiger partial charge in [0.05, 0.1) is 0 Å². The van der Waals surface area contributed by atoms with Crippen molar-refractivity contribution >= 4 is 0 Å². The minimum atomic E-state index is -0.0333. The zero-order valence-electron chi connectivity index (χ0n) is 11.0. The van der Waals surface area contributed by atoms with Crippen LogP contribution in [-0.4, -0.2) is 15.1 Å². The molecule has 1 N–H and O–H groups in total. The van der Waals surface area contributed by atoms with Crippen molar-refractivity contribution in [2.45, 2.75) is 0 Å². The second-order valence-corrected chi connectivity index (χ2v) is 4.14. The van der Waals surface area contributed by atoms with Crippen molar-refractivity contribution in [1.82, 2.24) is 9.97 Å². The van der Waals surface area contributed by atoms with E-state index in [0.29, 0.717) is 17.5 Å². The number of benzene rings is 1. The molecule has 0 aliphatic heterocycles. The van der Waals surface area contributed by atoms with Gasteiger partial charge in [0.2, 0.25) is 17.5 Å². The highest BCUT2D eigenvalue weighted by Gasteiger charge is 2.13. The number of aromatic hydroxyl groups is 1. The van der Waals surface area contributed by atoms with Crippen LogP contribution >= 0.6 is 0 Å². The Hall–Kier alpha value is -3.08. The quantitative estimate of drug-likeness (QED) is 0.788. The molecule has 0 unspecified atom stereocenters. The third kappa shape index (κ3) is 3.09. The maximum atomic E-state index is 9.98. The van der Waals surface area contributed by atoms with Crippen molar-refractivity contribution in [3.63, 3.8) is 0 Å². The summed E-state index contributed by atoms with van der Waals surface area (Å²) in [5.41, 5.74) is 0. The Morgan fingerprint density at radius 2 is 1.38 bits per heavy atom. The van der Waals surface area contributed by atoms with Crippen molar-refractivity contribution in [2.24, 2.45) is 0 Å². The van der Waals surface area contributed by atoms with Gasteiger partial charge in [0.15, 0.2) is 11.5 Å². The molecule has 0 atom stereocenters. The van der Waals surface area contributed by atoms with E-state index in [1.54, 1.807) is 54.9 Å². The minimum absolute atomic E-state index is 0.0333. The SMILES string of the molecule is Oc1cccc(Oc2ccccn2)c1Oc1ccccn1. The third-order valence-corrected chi connectivity index (χ3v) is 2.65. The van der Waals surface area contributed by atoms with Crippen LogP contribution in [0.5, 0.6) is 29.0 Å². The Morgan fingerprint density at radius 1 is 0.714 bits per heavy atom. The summed E-state index contributed by atoms with van der Waals surface area (Å²) in [6, 6.07) is 15.5. The van der Waals surface area contributed by atoms with E-state index in [-0.39, 0.29) is 11.5 Å². The van der Waals surface area contributed by atoms with Crippen LogP contribution < -0.4 is 9.47 Å². The van der Waals surface area contributed by atoms with Gasteiger partial charge >= 0.3 is 0 Å². The summed E-state index contributed by atoms with van der Waals surface area (Å²) in [7, 11) is 0. The molecule has 0 fully saturated rings. The lowest BCUT2D eigenvalue weighted by Gasteiger charge is -2.12. The molecule has 0 saturated carbocycles. The number of ether oxygens (including phenoxy) is 2. The second kappa shape index (κ2) is 5.92. The number of phenols is 1. The Bertz CT molecular complexity index is 718. The van der Waals surface area contributed by atoms with Crippen molar-refractivity contribution in [1.29, 1.82) is 0 Å². The number of rotatable bonds is 4. The van der Waals surface area contributed by atoms with E-state index in [2.05, 4.69) is 9.97 Å². The number of para-hydroxylation sites is 1. The van der Waals surface area contributed by atoms with E-state index < -0.39 is 0 Å². The van der Waals surface area contributed by atoms with Gasteiger partial charge in [-0.1, -0.05) is 18.2 Å². The molecule has 0 saturated heterocycles. The van der Waals surface area contributed by atoms with Gasteiger partial charge in [-0.25, -0.2) is 9.97 Å². The van der Waals surface area contributed by atoms with Crippen LogP contribution in [-0.2, 0) is 0 Å². The number of hydrogen-bond acceptors (Lipinski definition) is 5. The van der Waals surface area contributed by atoms with Gasteiger partial charge in [0, 0.05) is 24.5 Å². The smallest absolute Gasteiger partial charge is 0.219 e. The van der Waals surface area contributed by atoms with Crippen molar-refractivity contribution < 1.29 is 14.6 Å². The molecule has 3 aromatic rings. The van der Waals surface area contributed by atoms with E-state index in [9.17, 15) is 5.11 Å². The Labute approximate surface area is 121 Å². The zero-order valence-corrected chi connectivity index (χ0v) is 11.0. The van der Waals surface area contributed by atoms with Crippen LogP contribution in [0, 0.1) is 0 Å². The van der Waals surface area contributed by atoms with Gasteiger partial charge in [-0.05, 0) is 24.3 Å². The summed E-state index contributed by atoms with van der Waals surface area (Å²) in [5.74, 6) is 1.30.